The van der Waals surface area contributed by atoms with Crippen LogP contribution >= 0.6 is 11.8 Å². The molecule has 0 bridgehead atoms. The third kappa shape index (κ3) is 9.03. The van der Waals surface area contributed by atoms with Crippen molar-refractivity contribution >= 4 is 11.8 Å². The van der Waals surface area contributed by atoms with E-state index in [1.54, 1.807) is 12.1 Å². The van der Waals surface area contributed by atoms with Gasteiger partial charge in [-0.2, -0.15) is 4.39 Å². The van der Waals surface area contributed by atoms with Gasteiger partial charge in [-0.25, -0.2) is 4.39 Å². The normalized spacial score (nSPS) is 25.4. The van der Waals surface area contributed by atoms with Gasteiger partial charge >= 0.3 is 0 Å². The van der Waals surface area contributed by atoms with E-state index in [0.29, 0.717) is 23.3 Å². The van der Waals surface area contributed by atoms with E-state index in [-0.39, 0.29) is 5.75 Å². The Balaban J connectivity index is 1.37. The number of hydrogen-bond acceptors (Lipinski definition) is 2. The Kier molecular flexibility index (Phi) is 12.6. The molecule has 1 aromatic rings. The topological polar surface area (TPSA) is 9.23 Å². The van der Waals surface area contributed by atoms with E-state index in [9.17, 15) is 8.78 Å². The monoisotopic (exact) mass is 494 g/mol. The van der Waals surface area contributed by atoms with E-state index in [1.807, 2.05) is 0 Å². The Labute approximate surface area is 212 Å². The second-order valence-electron chi connectivity index (χ2n) is 11.1. The average Bonchev–Trinajstić information content (AvgIpc) is 2.86. The molecule has 1 nitrogen and oxygen atoms in total. The number of hydrogen-bond donors (Lipinski definition) is 0. The van der Waals surface area contributed by atoms with Crippen LogP contribution in [0.15, 0.2) is 17.0 Å². The molecule has 0 atom stereocenters. The van der Waals surface area contributed by atoms with Gasteiger partial charge in [0.15, 0.2) is 11.6 Å². The van der Waals surface area contributed by atoms with Gasteiger partial charge in [-0.05, 0) is 61.5 Å². The van der Waals surface area contributed by atoms with Crippen molar-refractivity contribution in [1.29, 1.82) is 0 Å². The van der Waals surface area contributed by atoms with Gasteiger partial charge in [0.05, 0.1) is 6.61 Å². The summed E-state index contributed by atoms with van der Waals surface area (Å²) in [4.78, 5) is 0.433. The Morgan fingerprint density at radius 3 is 1.79 bits per heavy atom. The highest BCUT2D eigenvalue weighted by molar-refractivity contribution is 7.99. The SMILES string of the molecule is CCCCCC1CCC(COc2ccc(SCC3CCC(CCCCC)CC3)c(F)c2F)CC1. The second-order valence-corrected chi connectivity index (χ2v) is 12.1. The Bertz CT molecular complexity index is 634. The summed E-state index contributed by atoms with van der Waals surface area (Å²) < 4.78 is 35.2. The van der Waals surface area contributed by atoms with Gasteiger partial charge in [0.2, 0.25) is 5.82 Å². The Hall–Kier alpha value is -0.770. The molecule has 194 valence electrons. The van der Waals surface area contributed by atoms with E-state index < -0.39 is 11.6 Å². The standard InChI is InChI=1S/C30H48F2OS/c1-3-5-7-9-23-11-15-25(16-12-23)21-33-27-19-20-28(30(32)29(27)31)34-22-26-17-13-24(14-18-26)10-8-6-4-2/h19-20,23-26H,3-18,21-22H2,1-2H3. The zero-order chi connectivity index (χ0) is 24.2. The molecule has 2 aliphatic rings. The molecule has 34 heavy (non-hydrogen) atoms. The zero-order valence-electron chi connectivity index (χ0n) is 21.8. The van der Waals surface area contributed by atoms with Crippen molar-refractivity contribution in [3.8, 4) is 5.75 Å². The van der Waals surface area contributed by atoms with E-state index in [2.05, 4.69) is 13.8 Å². The van der Waals surface area contributed by atoms with Gasteiger partial charge in [0.1, 0.15) is 0 Å². The lowest BCUT2D eigenvalue weighted by molar-refractivity contribution is 0.172. The van der Waals surface area contributed by atoms with Gasteiger partial charge in [-0.3, -0.25) is 0 Å². The maximum atomic E-state index is 14.7. The molecule has 0 unspecified atom stereocenters. The van der Waals surface area contributed by atoms with Crippen LogP contribution in [-0.4, -0.2) is 12.4 Å². The van der Waals surface area contributed by atoms with Gasteiger partial charge in [0.25, 0.3) is 0 Å². The molecule has 0 heterocycles. The maximum Gasteiger partial charge on any atom is 0.201 e. The first-order valence-corrected chi connectivity index (χ1v) is 15.3. The number of thioether (sulfide) groups is 1. The van der Waals surface area contributed by atoms with E-state index in [1.165, 1.54) is 102 Å². The zero-order valence-corrected chi connectivity index (χ0v) is 22.6. The minimum absolute atomic E-state index is 0.0829. The van der Waals surface area contributed by atoms with Crippen LogP contribution in [0.1, 0.15) is 117 Å². The first-order chi connectivity index (χ1) is 16.6. The van der Waals surface area contributed by atoms with Crippen LogP contribution in [0.2, 0.25) is 0 Å². The molecule has 0 saturated heterocycles. The molecule has 0 N–H and O–H groups in total. The molecule has 2 fully saturated rings. The van der Waals surface area contributed by atoms with Crippen molar-refractivity contribution in [2.75, 3.05) is 12.4 Å². The predicted octanol–water partition coefficient (Wildman–Crippen LogP) is 10.2. The second kappa shape index (κ2) is 15.4. The van der Waals surface area contributed by atoms with Crippen LogP contribution in [0.25, 0.3) is 0 Å². The van der Waals surface area contributed by atoms with Crippen molar-refractivity contribution in [3.63, 3.8) is 0 Å². The summed E-state index contributed by atoms with van der Waals surface area (Å²) in [6, 6.07) is 3.36. The molecule has 2 aliphatic carbocycles. The van der Waals surface area contributed by atoms with Crippen LogP contribution in [0.3, 0.4) is 0 Å². The number of rotatable bonds is 14. The minimum Gasteiger partial charge on any atom is -0.490 e. The minimum atomic E-state index is -0.808. The fourth-order valence-electron chi connectivity index (χ4n) is 5.89. The molecule has 2 saturated carbocycles. The molecule has 0 aliphatic heterocycles. The lowest BCUT2D eigenvalue weighted by Crippen LogP contribution is -2.20. The number of benzene rings is 1. The quantitative estimate of drug-likeness (QED) is 0.188. The van der Waals surface area contributed by atoms with E-state index in [0.717, 1.165) is 30.4 Å². The van der Waals surface area contributed by atoms with Gasteiger partial charge in [0, 0.05) is 10.6 Å². The maximum absolute atomic E-state index is 14.7. The highest BCUT2D eigenvalue weighted by atomic mass is 32.2. The summed E-state index contributed by atoms with van der Waals surface area (Å²) in [6.45, 7) is 5.02. The molecule has 1 aromatic carbocycles. The predicted molar refractivity (Wildman–Crippen MR) is 142 cm³/mol. The fourth-order valence-corrected chi connectivity index (χ4v) is 7.02. The lowest BCUT2D eigenvalue weighted by Gasteiger charge is -2.28. The van der Waals surface area contributed by atoms with Crippen molar-refractivity contribution in [2.45, 2.75) is 121 Å². The van der Waals surface area contributed by atoms with Gasteiger partial charge < -0.3 is 4.74 Å². The van der Waals surface area contributed by atoms with Crippen LogP contribution in [0.4, 0.5) is 8.78 Å². The Morgan fingerprint density at radius 2 is 1.24 bits per heavy atom. The molecule has 0 amide bonds. The largest absolute Gasteiger partial charge is 0.490 e. The number of halogens is 2. The molecular formula is C30H48F2OS. The smallest absolute Gasteiger partial charge is 0.201 e. The van der Waals surface area contributed by atoms with Crippen LogP contribution in [0.5, 0.6) is 5.75 Å². The summed E-state index contributed by atoms with van der Waals surface area (Å²) in [7, 11) is 0. The molecule has 3 rings (SSSR count). The molecule has 0 radical (unpaired) electrons. The first kappa shape index (κ1) is 27.8. The summed E-state index contributed by atoms with van der Waals surface area (Å²) in [5.41, 5.74) is 0. The molecule has 4 heteroatoms. The number of ether oxygens (including phenoxy) is 1. The molecule has 0 aromatic heterocycles. The third-order valence-corrected chi connectivity index (χ3v) is 9.59. The summed E-state index contributed by atoms with van der Waals surface area (Å²) in [5.74, 6) is 2.27. The summed E-state index contributed by atoms with van der Waals surface area (Å²) in [6.07, 6.45) is 20.6. The lowest BCUT2D eigenvalue weighted by atomic mass is 9.80. The summed E-state index contributed by atoms with van der Waals surface area (Å²) in [5, 5.41) is 0. The van der Waals surface area contributed by atoms with E-state index in [4.69, 9.17) is 4.74 Å². The third-order valence-electron chi connectivity index (χ3n) is 8.33. The van der Waals surface area contributed by atoms with Crippen LogP contribution in [-0.2, 0) is 0 Å². The van der Waals surface area contributed by atoms with Crippen LogP contribution < -0.4 is 4.74 Å². The molecular weight excluding hydrogens is 446 g/mol. The average molecular weight is 495 g/mol. The summed E-state index contributed by atoms with van der Waals surface area (Å²) >= 11 is 1.48. The molecule has 0 spiro atoms. The highest BCUT2D eigenvalue weighted by Gasteiger charge is 2.24. The van der Waals surface area contributed by atoms with Gasteiger partial charge in [-0.1, -0.05) is 90.9 Å². The Morgan fingerprint density at radius 1 is 0.706 bits per heavy atom. The highest BCUT2D eigenvalue weighted by Crippen LogP contribution is 2.37. The van der Waals surface area contributed by atoms with Crippen LogP contribution in [0, 0.1) is 35.3 Å². The van der Waals surface area contributed by atoms with E-state index >= 15 is 0 Å². The van der Waals surface area contributed by atoms with Crippen molar-refractivity contribution < 1.29 is 13.5 Å². The van der Waals surface area contributed by atoms with Crippen molar-refractivity contribution in [3.05, 3.63) is 23.8 Å². The van der Waals surface area contributed by atoms with Crippen molar-refractivity contribution in [2.24, 2.45) is 23.7 Å². The number of unbranched alkanes of at least 4 members (excludes halogenated alkanes) is 4. The van der Waals surface area contributed by atoms with Gasteiger partial charge in [-0.15, -0.1) is 11.8 Å². The fraction of sp³-hybridized carbons (Fsp3) is 0.800. The first-order valence-electron chi connectivity index (χ1n) is 14.3. The van der Waals surface area contributed by atoms with Crippen molar-refractivity contribution in [1.82, 2.24) is 0 Å².